The molecule has 1 atom stereocenters. The topological polar surface area (TPSA) is 68.5 Å². The second kappa shape index (κ2) is 8.39. The molecule has 0 aliphatic heterocycles. The SMILES string of the molecule is CCCCCc1c(C(C)C(=O)O)c2cc(C)c(C(=O)OC)cc2n1CC. The molecule has 1 N–H and O–H groups in total. The number of aromatic nitrogens is 1. The third-order valence-corrected chi connectivity index (χ3v) is 5.10. The van der Waals surface area contributed by atoms with Gasteiger partial charge in [0.15, 0.2) is 0 Å². The molecule has 0 radical (unpaired) electrons. The summed E-state index contributed by atoms with van der Waals surface area (Å²) in [7, 11) is 1.37. The zero-order chi connectivity index (χ0) is 19.4. The number of aryl methyl sites for hydroxylation is 2. The number of carboxylic acid groups (broad SMARTS) is 1. The highest BCUT2D eigenvalue weighted by atomic mass is 16.5. The van der Waals surface area contributed by atoms with Gasteiger partial charge in [-0.05, 0) is 56.9 Å². The molecule has 1 unspecified atom stereocenters. The number of esters is 1. The van der Waals surface area contributed by atoms with E-state index in [2.05, 4.69) is 18.4 Å². The lowest BCUT2D eigenvalue weighted by Gasteiger charge is -2.12. The first-order chi connectivity index (χ1) is 12.4. The van der Waals surface area contributed by atoms with Crippen molar-refractivity contribution in [2.45, 2.75) is 65.8 Å². The van der Waals surface area contributed by atoms with E-state index in [1.165, 1.54) is 7.11 Å². The number of hydrogen-bond donors (Lipinski definition) is 1. The van der Waals surface area contributed by atoms with Crippen molar-refractivity contribution in [3.05, 3.63) is 34.5 Å². The number of ether oxygens (including phenoxy) is 1. The minimum absolute atomic E-state index is 0.367. The van der Waals surface area contributed by atoms with Crippen LogP contribution in [0.1, 0.15) is 73.1 Å². The number of fused-ring (bicyclic) bond motifs is 1. The van der Waals surface area contributed by atoms with E-state index in [1.54, 1.807) is 6.92 Å². The molecule has 0 aliphatic rings. The monoisotopic (exact) mass is 359 g/mol. The summed E-state index contributed by atoms with van der Waals surface area (Å²) in [5.41, 5.74) is 4.20. The first-order valence-corrected chi connectivity index (χ1v) is 9.33. The standard InChI is InChI=1S/C21H29NO4/c1-6-8-9-10-17-19(14(4)20(23)24)16-11-13(3)15(21(25)26-5)12-18(16)22(17)7-2/h11-12,14H,6-10H2,1-5H3,(H,23,24). The van der Waals surface area contributed by atoms with Gasteiger partial charge in [0.25, 0.3) is 0 Å². The number of methoxy groups -OCH3 is 1. The summed E-state index contributed by atoms with van der Waals surface area (Å²) in [4.78, 5) is 23.8. The molecule has 0 aliphatic carbocycles. The minimum Gasteiger partial charge on any atom is -0.481 e. The van der Waals surface area contributed by atoms with E-state index < -0.39 is 11.9 Å². The van der Waals surface area contributed by atoms with Crippen molar-refractivity contribution < 1.29 is 19.4 Å². The highest BCUT2D eigenvalue weighted by molar-refractivity contribution is 5.99. The van der Waals surface area contributed by atoms with Gasteiger partial charge in [0.1, 0.15) is 0 Å². The molecule has 5 nitrogen and oxygen atoms in total. The number of carbonyl (C=O) groups is 2. The zero-order valence-electron chi connectivity index (χ0n) is 16.4. The van der Waals surface area contributed by atoms with Crippen LogP contribution in [0.4, 0.5) is 0 Å². The molecular formula is C21H29NO4. The predicted molar refractivity (Wildman–Crippen MR) is 103 cm³/mol. The van der Waals surface area contributed by atoms with Crippen molar-refractivity contribution >= 4 is 22.8 Å². The molecule has 1 aromatic carbocycles. The quantitative estimate of drug-likeness (QED) is 0.549. The highest BCUT2D eigenvalue weighted by Crippen LogP contribution is 2.35. The summed E-state index contributed by atoms with van der Waals surface area (Å²) >= 11 is 0. The van der Waals surface area contributed by atoms with Crippen molar-refractivity contribution in [1.82, 2.24) is 4.57 Å². The van der Waals surface area contributed by atoms with Gasteiger partial charge in [-0.25, -0.2) is 4.79 Å². The Morgan fingerprint density at radius 3 is 2.46 bits per heavy atom. The van der Waals surface area contributed by atoms with Gasteiger partial charge in [-0.2, -0.15) is 0 Å². The molecule has 1 heterocycles. The lowest BCUT2D eigenvalue weighted by molar-refractivity contribution is -0.138. The van der Waals surface area contributed by atoms with Gasteiger partial charge in [-0.1, -0.05) is 19.8 Å². The summed E-state index contributed by atoms with van der Waals surface area (Å²) in [6.07, 6.45) is 4.09. The molecule has 0 amide bonds. The van der Waals surface area contributed by atoms with Crippen LogP contribution in [-0.2, 0) is 22.5 Å². The highest BCUT2D eigenvalue weighted by Gasteiger charge is 2.26. The Morgan fingerprint density at radius 1 is 1.23 bits per heavy atom. The van der Waals surface area contributed by atoms with Crippen molar-refractivity contribution in [2.24, 2.45) is 0 Å². The largest absolute Gasteiger partial charge is 0.481 e. The van der Waals surface area contributed by atoms with Crippen LogP contribution >= 0.6 is 0 Å². The normalized spacial score (nSPS) is 12.3. The van der Waals surface area contributed by atoms with E-state index in [1.807, 2.05) is 19.1 Å². The van der Waals surface area contributed by atoms with E-state index >= 15 is 0 Å². The van der Waals surface area contributed by atoms with E-state index in [9.17, 15) is 14.7 Å². The van der Waals surface area contributed by atoms with Crippen molar-refractivity contribution in [1.29, 1.82) is 0 Å². The Balaban J connectivity index is 2.77. The number of carbonyl (C=O) groups excluding carboxylic acids is 1. The Morgan fingerprint density at radius 2 is 1.92 bits per heavy atom. The second-order valence-electron chi connectivity index (χ2n) is 6.80. The predicted octanol–water partition coefficient (Wildman–Crippen LogP) is 4.68. The molecule has 0 fully saturated rings. The summed E-state index contributed by atoms with van der Waals surface area (Å²) in [6, 6.07) is 3.78. The molecule has 0 spiro atoms. The molecule has 1 aromatic heterocycles. The molecule has 0 saturated heterocycles. The Hall–Kier alpha value is -2.30. The maximum Gasteiger partial charge on any atom is 0.338 e. The first kappa shape index (κ1) is 20.0. The molecule has 26 heavy (non-hydrogen) atoms. The van der Waals surface area contributed by atoms with Gasteiger partial charge in [0.2, 0.25) is 0 Å². The van der Waals surface area contributed by atoms with Crippen LogP contribution in [0.3, 0.4) is 0 Å². The lowest BCUT2D eigenvalue weighted by atomic mass is 9.94. The molecule has 2 rings (SSSR count). The number of nitrogens with zero attached hydrogens (tertiary/aromatic N) is 1. The first-order valence-electron chi connectivity index (χ1n) is 9.33. The molecule has 142 valence electrons. The second-order valence-corrected chi connectivity index (χ2v) is 6.80. The molecule has 5 heteroatoms. The Labute approximate surface area is 155 Å². The van der Waals surface area contributed by atoms with Crippen molar-refractivity contribution in [3.8, 4) is 0 Å². The Bertz CT molecular complexity index is 819. The van der Waals surface area contributed by atoms with Crippen LogP contribution in [0.15, 0.2) is 12.1 Å². The summed E-state index contributed by atoms with van der Waals surface area (Å²) in [6.45, 7) is 8.54. The van der Waals surface area contributed by atoms with Crippen molar-refractivity contribution in [3.63, 3.8) is 0 Å². The zero-order valence-corrected chi connectivity index (χ0v) is 16.4. The molecule has 0 saturated carbocycles. The van der Waals surface area contributed by atoms with Gasteiger partial charge < -0.3 is 14.4 Å². The van der Waals surface area contributed by atoms with Gasteiger partial charge in [-0.15, -0.1) is 0 Å². The van der Waals surface area contributed by atoms with Crippen LogP contribution in [0.25, 0.3) is 10.9 Å². The summed E-state index contributed by atoms with van der Waals surface area (Å²) in [5, 5.41) is 10.6. The summed E-state index contributed by atoms with van der Waals surface area (Å²) in [5.74, 6) is -1.79. The van der Waals surface area contributed by atoms with Gasteiger partial charge in [0, 0.05) is 23.1 Å². The van der Waals surface area contributed by atoms with E-state index in [0.717, 1.165) is 60.0 Å². The fraction of sp³-hybridized carbons (Fsp3) is 0.524. The Kier molecular flexibility index (Phi) is 6.46. The molecule has 2 aromatic rings. The number of carboxylic acids is 1. The van der Waals surface area contributed by atoms with Crippen LogP contribution < -0.4 is 0 Å². The van der Waals surface area contributed by atoms with E-state index in [-0.39, 0.29) is 5.97 Å². The number of unbranched alkanes of at least 4 members (excludes halogenated alkanes) is 2. The van der Waals surface area contributed by atoms with E-state index in [0.29, 0.717) is 5.56 Å². The minimum atomic E-state index is -0.827. The number of rotatable bonds is 8. The number of aliphatic carboxylic acids is 1. The number of benzene rings is 1. The average molecular weight is 359 g/mol. The van der Waals surface area contributed by atoms with Crippen LogP contribution in [0.5, 0.6) is 0 Å². The fourth-order valence-electron chi connectivity index (χ4n) is 3.69. The lowest BCUT2D eigenvalue weighted by Crippen LogP contribution is -2.11. The van der Waals surface area contributed by atoms with Gasteiger partial charge in [-0.3, -0.25) is 4.79 Å². The maximum absolute atomic E-state index is 12.1. The smallest absolute Gasteiger partial charge is 0.338 e. The van der Waals surface area contributed by atoms with Crippen LogP contribution in [-0.4, -0.2) is 28.7 Å². The number of hydrogen-bond acceptors (Lipinski definition) is 3. The third kappa shape index (κ3) is 3.62. The van der Waals surface area contributed by atoms with Crippen LogP contribution in [0.2, 0.25) is 0 Å². The van der Waals surface area contributed by atoms with Crippen molar-refractivity contribution in [2.75, 3.05) is 7.11 Å². The fourth-order valence-corrected chi connectivity index (χ4v) is 3.69. The maximum atomic E-state index is 12.1. The van der Waals surface area contributed by atoms with Crippen LogP contribution in [0, 0.1) is 6.92 Å². The molecule has 0 bridgehead atoms. The average Bonchev–Trinajstić information content (AvgIpc) is 2.91. The third-order valence-electron chi connectivity index (χ3n) is 5.10. The molecular weight excluding hydrogens is 330 g/mol. The van der Waals surface area contributed by atoms with Gasteiger partial charge >= 0.3 is 11.9 Å². The summed E-state index contributed by atoms with van der Waals surface area (Å²) < 4.78 is 7.06. The van der Waals surface area contributed by atoms with E-state index in [4.69, 9.17) is 4.74 Å². The van der Waals surface area contributed by atoms with Gasteiger partial charge in [0.05, 0.1) is 18.6 Å².